The van der Waals surface area contributed by atoms with E-state index in [9.17, 15) is 10.0 Å². The number of hydrogen-bond donors (Lipinski definition) is 0. The fourth-order valence-corrected chi connectivity index (χ4v) is 4.10. The van der Waals surface area contributed by atoms with Crippen molar-refractivity contribution in [3.05, 3.63) is 63.1 Å². The first kappa shape index (κ1) is 23.3. The van der Waals surface area contributed by atoms with Crippen molar-refractivity contribution in [1.82, 2.24) is 9.99 Å². The second-order valence-corrected chi connectivity index (χ2v) is 9.05. The summed E-state index contributed by atoms with van der Waals surface area (Å²) in [5, 5.41) is 17.9. The Kier molecular flexibility index (Phi) is 6.99. The normalized spacial score (nSPS) is 20.3. The molecule has 0 aliphatic carbocycles. The van der Waals surface area contributed by atoms with Crippen molar-refractivity contribution in [1.29, 1.82) is 0 Å². The quantitative estimate of drug-likeness (QED) is 0.252. The van der Waals surface area contributed by atoms with Gasteiger partial charge in [0.2, 0.25) is 5.28 Å². The molecule has 2 atom stereocenters. The van der Waals surface area contributed by atoms with Gasteiger partial charge in [-0.2, -0.15) is 0 Å². The van der Waals surface area contributed by atoms with E-state index in [4.69, 9.17) is 25.9 Å². The van der Waals surface area contributed by atoms with Crippen molar-refractivity contribution in [3.63, 3.8) is 0 Å². The number of esters is 1. The van der Waals surface area contributed by atoms with Crippen LogP contribution in [-0.2, 0) is 21.0 Å². The number of ether oxygens (including phenoxy) is 2. The second kappa shape index (κ2) is 9.93. The lowest BCUT2D eigenvalue weighted by Gasteiger charge is -2.20. The molecule has 2 aromatic rings. The largest absolute Gasteiger partial charge is 0.569 e. The highest BCUT2D eigenvalue weighted by atomic mass is 35.5. The van der Waals surface area contributed by atoms with E-state index in [-0.39, 0.29) is 18.6 Å². The summed E-state index contributed by atoms with van der Waals surface area (Å²) in [6, 6.07) is 6.66. The molecule has 9 nitrogen and oxygen atoms in total. The van der Waals surface area contributed by atoms with Crippen molar-refractivity contribution in [2.24, 2.45) is 11.2 Å². The molecule has 2 aliphatic rings. The van der Waals surface area contributed by atoms with E-state index < -0.39 is 12.0 Å². The molecule has 0 amide bonds. The van der Waals surface area contributed by atoms with E-state index in [0.29, 0.717) is 47.4 Å². The number of benzene rings is 1. The van der Waals surface area contributed by atoms with Crippen LogP contribution in [0.1, 0.15) is 55.2 Å². The Bertz CT molecular complexity index is 1040. The molecule has 2 aliphatic heterocycles. The number of aromatic nitrogens is 1. The number of halogens is 1. The van der Waals surface area contributed by atoms with Crippen LogP contribution >= 0.6 is 11.6 Å². The number of hydrogen-bond acceptors (Lipinski definition) is 7. The number of aryl methyl sites for hydroxylation is 1. The number of rotatable bonds is 7. The predicted octanol–water partition coefficient (Wildman–Crippen LogP) is 4.50. The molecule has 0 bridgehead atoms. The van der Waals surface area contributed by atoms with Crippen LogP contribution in [0.25, 0.3) is 0 Å². The smallest absolute Gasteiger partial charge is 0.340 e. The highest BCUT2D eigenvalue weighted by Crippen LogP contribution is 2.41. The third-order valence-electron chi connectivity index (χ3n) is 5.65. The monoisotopic (exact) mass is 474 g/mol. The molecule has 4 rings (SSSR count). The summed E-state index contributed by atoms with van der Waals surface area (Å²) in [6.07, 6.45) is 2.59. The Morgan fingerprint density at radius 3 is 2.88 bits per heavy atom. The van der Waals surface area contributed by atoms with Crippen LogP contribution in [0.5, 0.6) is 5.75 Å². The Balaban J connectivity index is 1.52. The van der Waals surface area contributed by atoms with E-state index in [0.717, 1.165) is 16.7 Å². The number of nitrogens with zero attached hydrogens (tertiary/aromatic N) is 4. The third-order valence-corrected chi connectivity index (χ3v) is 5.90. The van der Waals surface area contributed by atoms with Gasteiger partial charge in [0, 0.05) is 22.3 Å². The number of carbonyl (C=O) groups is 1. The van der Waals surface area contributed by atoms with Crippen molar-refractivity contribution in [2.45, 2.75) is 52.4 Å². The van der Waals surface area contributed by atoms with Crippen molar-refractivity contribution in [2.75, 3.05) is 13.2 Å². The van der Waals surface area contributed by atoms with Gasteiger partial charge in [-0.05, 0) is 43.4 Å². The van der Waals surface area contributed by atoms with Gasteiger partial charge in [-0.25, -0.2) is 4.79 Å². The first-order chi connectivity index (χ1) is 15.8. The fourth-order valence-electron chi connectivity index (χ4n) is 3.98. The highest BCUT2D eigenvalue weighted by Gasteiger charge is 2.40. The molecule has 1 aromatic carbocycles. The number of pyridine rings is 1. The van der Waals surface area contributed by atoms with Gasteiger partial charge in [-0.1, -0.05) is 37.6 Å². The van der Waals surface area contributed by atoms with Gasteiger partial charge in [0.15, 0.2) is 11.8 Å². The minimum Gasteiger partial charge on any atom is -0.569 e. The van der Waals surface area contributed by atoms with Gasteiger partial charge >= 0.3 is 5.97 Å². The second-order valence-electron chi connectivity index (χ2n) is 8.62. The molecular formula is C23H27ClN4O5. The Morgan fingerprint density at radius 1 is 1.39 bits per heavy atom. The zero-order valence-corrected chi connectivity index (χ0v) is 19.6. The molecule has 1 aromatic heterocycles. The predicted molar refractivity (Wildman–Crippen MR) is 119 cm³/mol. The summed E-state index contributed by atoms with van der Waals surface area (Å²) in [5.41, 5.74) is 3.14. The topological polar surface area (TPSA) is 99.3 Å². The summed E-state index contributed by atoms with van der Waals surface area (Å²) >= 11 is 6.00. The van der Waals surface area contributed by atoms with Gasteiger partial charge < -0.3 is 19.5 Å². The van der Waals surface area contributed by atoms with Crippen LogP contribution in [-0.4, -0.2) is 40.1 Å². The molecule has 176 valence electrons. The highest BCUT2D eigenvalue weighted by molar-refractivity contribution is 6.30. The summed E-state index contributed by atoms with van der Waals surface area (Å²) in [5.74, 6) is 0.0861. The van der Waals surface area contributed by atoms with Crippen LogP contribution in [0, 0.1) is 18.0 Å². The minimum absolute atomic E-state index is 0.232. The maximum Gasteiger partial charge on any atom is 0.340 e. The van der Waals surface area contributed by atoms with Crippen LogP contribution in [0.2, 0.25) is 5.02 Å². The van der Waals surface area contributed by atoms with Crippen LogP contribution in [0.3, 0.4) is 0 Å². The average molecular weight is 475 g/mol. The molecule has 0 N–H and O–H groups in total. The maximum atomic E-state index is 13.1. The third kappa shape index (κ3) is 5.04. The van der Waals surface area contributed by atoms with E-state index >= 15 is 0 Å². The first-order valence-corrected chi connectivity index (χ1v) is 11.4. The van der Waals surface area contributed by atoms with Gasteiger partial charge in [0.05, 0.1) is 23.8 Å². The standard InChI is InChI=1S/C23H27ClN4O5/c1-14(2)12-32-26-28(30)27-10-4-5-20(27)23(29)33-21-15(3)25-11-18-19(21)13-31-22(18)16-6-8-17(24)9-7-16/h6-9,11,14,20,22H,4-5,10,12-13H2,1-3H3/b28-26+/t20-,22-/m0/s1. The van der Waals surface area contributed by atoms with Gasteiger partial charge in [-0.3, -0.25) is 4.98 Å². The number of carbonyl (C=O) groups excluding carboxylic acids is 1. The molecule has 1 fully saturated rings. The lowest BCUT2D eigenvalue weighted by molar-refractivity contribution is -0.712. The molecule has 1 saturated heterocycles. The fraction of sp³-hybridized carbons (Fsp3) is 0.478. The molecule has 0 unspecified atom stereocenters. The van der Waals surface area contributed by atoms with Gasteiger partial charge in [0.1, 0.15) is 12.7 Å². The molecule has 0 radical (unpaired) electrons. The van der Waals surface area contributed by atoms with Crippen LogP contribution < -0.4 is 4.74 Å². The Hall–Kier alpha value is -2.91. The van der Waals surface area contributed by atoms with Crippen molar-refractivity contribution >= 4 is 17.6 Å². The van der Waals surface area contributed by atoms with E-state index in [2.05, 4.69) is 10.3 Å². The van der Waals surface area contributed by atoms with Gasteiger partial charge in [0.25, 0.3) is 0 Å². The molecule has 3 heterocycles. The zero-order chi connectivity index (χ0) is 23.5. The van der Waals surface area contributed by atoms with E-state index in [1.165, 1.54) is 5.01 Å². The van der Waals surface area contributed by atoms with E-state index in [1.54, 1.807) is 25.3 Å². The van der Waals surface area contributed by atoms with Crippen molar-refractivity contribution < 1.29 is 24.1 Å². The van der Waals surface area contributed by atoms with Crippen molar-refractivity contribution in [3.8, 4) is 5.75 Å². The summed E-state index contributed by atoms with van der Waals surface area (Å²) in [4.78, 5) is 22.9. The summed E-state index contributed by atoms with van der Waals surface area (Å²) in [6.45, 7) is 6.68. The summed E-state index contributed by atoms with van der Waals surface area (Å²) < 4.78 is 11.8. The molecule has 10 heteroatoms. The SMILES string of the molecule is Cc1ncc2c(c1OC(=O)[C@@H]1CCCN1/[N+]([O-])=N\OCC(C)C)CO[C@H]2c1ccc(Cl)cc1. The van der Waals surface area contributed by atoms with E-state index in [1.807, 2.05) is 26.0 Å². The zero-order valence-electron chi connectivity index (χ0n) is 18.9. The first-order valence-electron chi connectivity index (χ1n) is 11.0. The number of hydrazine groups is 1. The maximum absolute atomic E-state index is 13.1. The molecule has 0 saturated carbocycles. The minimum atomic E-state index is -0.751. The van der Waals surface area contributed by atoms with Crippen LogP contribution in [0.15, 0.2) is 35.7 Å². The lowest BCUT2D eigenvalue weighted by atomic mass is 10.0. The van der Waals surface area contributed by atoms with Crippen LogP contribution in [0.4, 0.5) is 0 Å². The average Bonchev–Trinajstić information content (AvgIpc) is 3.43. The molecule has 33 heavy (non-hydrogen) atoms. The Morgan fingerprint density at radius 2 is 2.15 bits per heavy atom. The molecular weight excluding hydrogens is 448 g/mol. The Labute approximate surface area is 197 Å². The lowest BCUT2D eigenvalue weighted by Crippen LogP contribution is -2.42. The van der Waals surface area contributed by atoms with Gasteiger partial charge in [-0.15, -0.1) is 5.01 Å². The number of fused-ring (bicyclic) bond motifs is 1. The molecule has 0 spiro atoms. The summed E-state index contributed by atoms with van der Waals surface area (Å²) in [7, 11) is 0.